The zero-order valence-corrected chi connectivity index (χ0v) is 11.6. The Morgan fingerprint density at radius 3 is 2.88 bits per heavy atom. The second-order valence-electron chi connectivity index (χ2n) is 5.50. The van der Waals surface area contributed by atoms with Gasteiger partial charge in [0, 0.05) is 17.3 Å². The smallest absolute Gasteiger partial charge is 0.244 e. The number of amides is 1. The van der Waals surface area contributed by atoms with Gasteiger partial charge in [0.1, 0.15) is 6.04 Å². The van der Waals surface area contributed by atoms with Gasteiger partial charge in [0.15, 0.2) is 5.17 Å². The van der Waals surface area contributed by atoms with E-state index in [1.165, 1.54) is 0 Å². The summed E-state index contributed by atoms with van der Waals surface area (Å²) < 4.78 is 0. The van der Waals surface area contributed by atoms with E-state index in [0.29, 0.717) is 6.04 Å². The maximum atomic E-state index is 11.8. The highest BCUT2D eigenvalue weighted by atomic mass is 32.2. The fraction of sp³-hybridized carbons (Fsp3) is 0.833. The number of aliphatic imine (C=N–C) groups is 1. The standard InChI is InChI=1S/C12H21N3OS/c1-8(10(16)14-9-4-5-9)13-11-15-12(2,3)6-7-17-11/h8-9H,4-7H2,1-3H3,(H,13,15)(H,14,16). The molecule has 17 heavy (non-hydrogen) atoms. The van der Waals surface area contributed by atoms with Crippen LogP contribution in [0.1, 0.15) is 40.0 Å². The predicted octanol–water partition coefficient (Wildman–Crippen LogP) is 1.51. The van der Waals surface area contributed by atoms with Crippen molar-refractivity contribution in [3.63, 3.8) is 0 Å². The molecular formula is C12H21N3OS. The molecule has 2 aliphatic rings. The van der Waals surface area contributed by atoms with E-state index < -0.39 is 0 Å². The number of carbonyl (C=O) groups excluding carboxylic acids is 1. The minimum atomic E-state index is -0.292. The highest BCUT2D eigenvalue weighted by molar-refractivity contribution is 8.13. The molecule has 0 aromatic rings. The summed E-state index contributed by atoms with van der Waals surface area (Å²) in [5.41, 5.74) is 0.0940. The lowest BCUT2D eigenvalue weighted by molar-refractivity contribution is -0.122. The Morgan fingerprint density at radius 2 is 2.29 bits per heavy atom. The van der Waals surface area contributed by atoms with Crippen LogP contribution >= 0.6 is 11.8 Å². The number of amidine groups is 1. The van der Waals surface area contributed by atoms with Crippen molar-refractivity contribution in [1.29, 1.82) is 0 Å². The molecule has 1 saturated heterocycles. The predicted molar refractivity (Wildman–Crippen MR) is 72.4 cm³/mol. The number of thioether (sulfide) groups is 1. The van der Waals surface area contributed by atoms with Crippen molar-refractivity contribution in [2.45, 2.75) is 57.7 Å². The van der Waals surface area contributed by atoms with Crippen LogP contribution < -0.4 is 10.6 Å². The average Bonchev–Trinajstić information content (AvgIpc) is 2.99. The van der Waals surface area contributed by atoms with Crippen molar-refractivity contribution in [2.24, 2.45) is 4.99 Å². The molecule has 2 rings (SSSR count). The van der Waals surface area contributed by atoms with Crippen molar-refractivity contribution in [2.75, 3.05) is 5.75 Å². The molecule has 0 bridgehead atoms. The van der Waals surface area contributed by atoms with Gasteiger partial charge >= 0.3 is 0 Å². The first-order valence-corrected chi connectivity index (χ1v) is 7.24. The van der Waals surface area contributed by atoms with E-state index in [9.17, 15) is 4.79 Å². The van der Waals surface area contributed by atoms with Crippen LogP contribution in [-0.4, -0.2) is 34.5 Å². The van der Waals surface area contributed by atoms with Crippen LogP contribution in [0.15, 0.2) is 4.99 Å². The quantitative estimate of drug-likeness (QED) is 0.804. The van der Waals surface area contributed by atoms with E-state index in [4.69, 9.17) is 0 Å². The summed E-state index contributed by atoms with van der Waals surface area (Å²) in [7, 11) is 0. The number of hydrogen-bond donors (Lipinski definition) is 2. The topological polar surface area (TPSA) is 53.5 Å². The molecule has 2 fully saturated rings. The molecule has 96 valence electrons. The molecule has 1 aliphatic heterocycles. The second-order valence-corrected chi connectivity index (χ2v) is 6.58. The van der Waals surface area contributed by atoms with Crippen LogP contribution in [-0.2, 0) is 4.79 Å². The summed E-state index contributed by atoms with van der Waals surface area (Å²) in [6.45, 7) is 6.18. The third-order valence-electron chi connectivity index (χ3n) is 3.03. The summed E-state index contributed by atoms with van der Waals surface area (Å²) in [6, 6.07) is 0.119. The van der Waals surface area contributed by atoms with Crippen LogP contribution in [0.3, 0.4) is 0 Å². The molecule has 0 aromatic carbocycles. The Balaban J connectivity index is 1.90. The highest BCUT2D eigenvalue weighted by Crippen LogP contribution is 2.22. The number of carbonyl (C=O) groups is 1. The van der Waals surface area contributed by atoms with Crippen LogP contribution in [0.2, 0.25) is 0 Å². The minimum Gasteiger partial charge on any atom is -0.360 e. The zero-order chi connectivity index (χ0) is 12.5. The van der Waals surface area contributed by atoms with Crippen LogP contribution in [0.25, 0.3) is 0 Å². The summed E-state index contributed by atoms with van der Waals surface area (Å²) in [5.74, 6) is 1.11. The first-order chi connectivity index (χ1) is 7.96. The normalized spacial score (nSPS) is 27.4. The third kappa shape index (κ3) is 3.91. The van der Waals surface area contributed by atoms with Gasteiger partial charge in [-0.1, -0.05) is 11.8 Å². The van der Waals surface area contributed by atoms with Gasteiger partial charge in [-0.25, -0.2) is 4.99 Å². The van der Waals surface area contributed by atoms with Crippen LogP contribution in [0.4, 0.5) is 0 Å². The van der Waals surface area contributed by atoms with Gasteiger partial charge < -0.3 is 10.6 Å². The lowest BCUT2D eigenvalue weighted by Crippen LogP contribution is -2.47. The minimum absolute atomic E-state index is 0.0470. The van der Waals surface area contributed by atoms with Crippen molar-refractivity contribution in [3.05, 3.63) is 0 Å². The molecule has 1 aliphatic carbocycles. The monoisotopic (exact) mass is 255 g/mol. The van der Waals surface area contributed by atoms with E-state index in [1.54, 1.807) is 11.8 Å². The first kappa shape index (κ1) is 12.7. The van der Waals surface area contributed by atoms with Gasteiger partial charge in [-0.05, 0) is 40.0 Å². The molecular weight excluding hydrogens is 234 g/mol. The lowest BCUT2D eigenvalue weighted by atomic mass is 10.0. The highest BCUT2D eigenvalue weighted by Gasteiger charge is 2.27. The van der Waals surface area contributed by atoms with Gasteiger partial charge in [0.2, 0.25) is 5.91 Å². The van der Waals surface area contributed by atoms with E-state index in [1.807, 2.05) is 6.92 Å². The van der Waals surface area contributed by atoms with Crippen LogP contribution in [0.5, 0.6) is 0 Å². The average molecular weight is 255 g/mol. The van der Waals surface area contributed by atoms with E-state index in [0.717, 1.165) is 30.2 Å². The molecule has 1 heterocycles. The number of rotatable bonds is 3. The fourth-order valence-electron chi connectivity index (χ4n) is 1.64. The zero-order valence-electron chi connectivity index (χ0n) is 10.7. The third-order valence-corrected chi connectivity index (χ3v) is 3.91. The Hall–Kier alpha value is -0.710. The first-order valence-electron chi connectivity index (χ1n) is 6.25. The Morgan fingerprint density at radius 1 is 1.59 bits per heavy atom. The summed E-state index contributed by atoms with van der Waals surface area (Å²) in [4.78, 5) is 16.2. The maximum absolute atomic E-state index is 11.8. The van der Waals surface area contributed by atoms with Gasteiger partial charge in [0.25, 0.3) is 0 Å². The number of nitrogens with zero attached hydrogens (tertiary/aromatic N) is 1. The largest absolute Gasteiger partial charge is 0.360 e. The molecule has 1 saturated carbocycles. The summed E-state index contributed by atoms with van der Waals surface area (Å²) >= 11 is 1.70. The molecule has 0 spiro atoms. The SMILES string of the molecule is CC(N=C1NC(C)(C)CCS1)C(=O)NC1CC1. The maximum Gasteiger partial charge on any atom is 0.244 e. The van der Waals surface area contributed by atoms with Gasteiger partial charge in [-0.2, -0.15) is 0 Å². The molecule has 1 amide bonds. The molecule has 1 atom stereocenters. The van der Waals surface area contributed by atoms with Gasteiger partial charge in [0.05, 0.1) is 0 Å². The van der Waals surface area contributed by atoms with Gasteiger partial charge in [-0.15, -0.1) is 0 Å². The summed E-state index contributed by atoms with van der Waals surface area (Å²) in [5, 5.41) is 7.26. The molecule has 1 unspecified atom stereocenters. The second kappa shape index (κ2) is 4.88. The van der Waals surface area contributed by atoms with Crippen molar-refractivity contribution in [3.8, 4) is 0 Å². The van der Waals surface area contributed by atoms with Crippen molar-refractivity contribution < 1.29 is 4.79 Å². The number of nitrogens with one attached hydrogen (secondary N) is 2. The molecule has 2 N–H and O–H groups in total. The number of hydrogen-bond acceptors (Lipinski definition) is 3. The summed E-state index contributed by atoms with van der Waals surface area (Å²) in [6.07, 6.45) is 3.36. The Bertz CT molecular complexity index is 337. The van der Waals surface area contributed by atoms with E-state index in [-0.39, 0.29) is 17.5 Å². The Labute approximate surface area is 107 Å². The Kier molecular flexibility index (Phi) is 3.66. The van der Waals surface area contributed by atoms with Crippen molar-refractivity contribution in [1.82, 2.24) is 10.6 Å². The molecule has 4 nitrogen and oxygen atoms in total. The molecule has 0 radical (unpaired) electrons. The van der Waals surface area contributed by atoms with Gasteiger partial charge in [-0.3, -0.25) is 4.79 Å². The molecule has 5 heteroatoms. The lowest BCUT2D eigenvalue weighted by Gasteiger charge is -2.32. The molecule has 0 aromatic heterocycles. The van der Waals surface area contributed by atoms with E-state index in [2.05, 4.69) is 29.5 Å². The van der Waals surface area contributed by atoms with Crippen molar-refractivity contribution >= 4 is 22.8 Å². The van der Waals surface area contributed by atoms with Crippen LogP contribution in [0, 0.1) is 0 Å². The van der Waals surface area contributed by atoms with E-state index >= 15 is 0 Å². The fourth-order valence-corrected chi connectivity index (χ4v) is 3.03.